The van der Waals surface area contributed by atoms with Crippen molar-refractivity contribution in [3.05, 3.63) is 35.4 Å². The first kappa shape index (κ1) is 12.6. The van der Waals surface area contributed by atoms with Gasteiger partial charge in [0.05, 0.1) is 12.7 Å². The van der Waals surface area contributed by atoms with E-state index in [0.29, 0.717) is 18.5 Å². The van der Waals surface area contributed by atoms with Gasteiger partial charge in [0.15, 0.2) is 0 Å². The fraction of sp³-hybridized carbons (Fsp3) is 0.429. The van der Waals surface area contributed by atoms with Crippen LogP contribution in [0, 0.1) is 0 Å². The van der Waals surface area contributed by atoms with Gasteiger partial charge < -0.3 is 9.64 Å². The van der Waals surface area contributed by atoms with Crippen LogP contribution in [0.2, 0.25) is 0 Å². The zero-order valence-electron chi connectivity index (χ0n) is 10.5. The summed E-state index contributed by atoms with van der Waals surface area (Å²) in [4.78, 5) is 24.8. The Labute approximate surface area is 107 Å². The number of benzene rings is 1. The SMILES string of the molecule is COC(=O)c1ccc(CN2CCCCC2=O)cc1. The lowest BCUT2D eigenvalue weighted by molar-refractivity contribution is -0.133. The molecule has 1 saturated heterocycles. The first-order chi connectivity index (χ1) is 8.70. The van der Waals surface area contributed by atoms with Crippen molar-refractivity contribution in [1.29, 1.82) is 0 Å². The van der Waals surface area contributed by atoms with Crippen LogP contribution in [0.5, 0.6) is 0 Å². The average molecular weight is 247 g/mol. The fourth-order valence-corrected chi connectivity index (χ4v) is 2.11. The molecule has 0 spiro atoms. The van der Waals surface area contributed by atoms with Crippen molar-refractivity contribution >= 4 is 11.9 Å². The van der Waals surface area contributed by atoms with Crippen molar-refractivity contribution in [2.45, 2.75) is 25.8 Å². The summed E-state index contributed by atoms with van der Waals surface area (Å²) in [7, 11) is 1.36. The van der Waals surface area contributed by atoms with Crippen molar-refractivity contribution < 1.29 is 14.3 Å². The van der Waals surface area contributed by atoms with Gasteiger partial charge in [-0.15, -0.1) is 0 Å². The lowest BCUT2D eigenvalue weighted by Gasteiger charge is -2.26. The molecule has 1 aliphatic heterocycles. The highest BCUT2D eigenvalue weighted by Crippen LogP contribution is 2.15. The van der Waals surface area contributed by atoms with E-state index in [2.05, 4.69) is 4.74 Å². The minimum Gasteiger partial charge on any atom is -0.465 e. The van der Waals surface area contributed by atoms with E-state index in [0.717, 1.165) is 24.9 Å². The number of hydrogen-bond acceptors (Lipinski definition) is 3. The van der Waals surface area contributed by atoms with Crippen LogP contribution in [0.15, 0.2) is 24.3 Å². The van der Waals surface area contributed by atoms with Crippen LogP contribution in [0.1, 0.15) is 35.2 Å². The molecule has 0 radical (unpaired) electrons. The minimum absolute atomic E-state index is 0.221. The summed E-state index contributed by atoms with van der Waals surface area (Å²) in [5.74, 6) is -0.117. The van der Waals surface area contributed by atoms with Gasteiger partial charge in [-0.2, -0.15) is 0 Å². The predicted octanol–water partition coefficient (Wildman–Crippen LogP) is 1.99. The topological polar surface area (TPSA) is 46.6 Å². The molecular weight excluding hydrogens is 230 g/mol. The molecule has 0 unspecified atom stereocenters. The maximum atomic E-state index is 11.7. The molecule has 1 aromatic rings. The molecule has 0 aromatic heterocycles. The Morgan fingerprint density at radius 3 is 2.61 bits per heavy atom. The van der Waals surface area contributed by atoms with Crippen LogP contribution >= 0.6 is 0 Å². The normalized spacial score (nSPS) is 15.6. The Morgan fingerprint density at radius 2 is 2.00 bits per heavy atom. The maximum absolute atomic E-state index is 11.7. The molecule has 1 heterocycles. The van der Waals surface area contributed by atoms with Crippen LogP contribution in [0.3, 0.4) is 0 Å². The first-order valence-corrected chi connectivity index (χ1v) is 6.16. The van der Waals surface area contributed by atoms with Gasteiger partial charge in [0.1, 0.15) is 0 Å². The molecule has 0 atom stereocenters. The molecule has 1 amide bonds. The van der Waals surface area contributed by atoms with Gasteiger partial charge in [0.2, 0.25) is 5.91 Å². The number of amides is 1. The molecule has 2 rings (SSSR count). The average Bonchev–Trinajstić information content (AvgIpc) is 2.41. The van der Waals surface area contributed by atoms with Crippen LogP contribution in [0.4, 0.5) is 0 Å². The molecule has 1 aliphatic rings. The van der Waals surface area contributed by atoms with Gasteiger partial charge in [-0.05, 0) is 30.5 Å². The van der Waals surface area contributed by atoms with Gasteiger partial charge in [-0.1, -0.05) is 12.1 Å². The van der Waals surface area contributed by atoms with E-state index < -0.39 is 0 Å². The van der Waals surface area contributed by atoms with Gasteiger partial charge in [-0.25, -0.2) is 4.79 Å². The van der Waals surface area contributed by atoms with E-state index in [1.165, 1.54) is 7.11 Å². The molecule has 4 nitrogen and oxygen atoms in total. The summed E-state index contributed by atoms with van der Waals surface area (Å²) in [6.07, 6.45) is 2.73. The number of ether oxygens (including phenoxy) is 1. The van der Waals surface area contributed by atoms with Gasteiger partial charge in [0.25, 0.3) is 0 Å². The lowest BCUT2D eigenvalue weighted by Crippen LogP contribution is -2.34. The molecule has 18 heavy (non-hydrogen) atoms. The summed E-state index contributed by atoms with van der Waals surface area (Å²) in [5.41, 5.74) is 1.57. The predicted molar refractivity (Wildman–Crippen MR) is 67.0 cm³/mol. The Kier molecular flexibility index (Phi) is 3.97. The molecule has 1 fully saturated rings. The van der Waals surface area contributed by atoms with E-state index in [1.54, 1.807) is 12.1 Å². The molecule has 1 aromatic carbocycles. The van der Waals surface area contributed by atoms with Crippen molar-refractivity contribution in [3.8, 4) is 0 Å². The third kappa shape index (κ3) is 2.88. The Balaban J connectivity index is 2.01. The number of hydrogen-bond donors (Lipinski definition) is 0. The van der Waals surface area contributed by atoms with E-state index in [9.17, 15) is 9.59 Å². The van der Waals surface area contributed by atoms with Gasteiger partial charge in [-0.3, -0.25) is 4.79 Å². The number of methoxy groups -OCH3 is 1. The highest BCUT2D eigenvalue weighted by Gasteiger charge is 2.17. The Bertz CT molecular complexity index is 439. The number of nitrogens with zero attached hydrogens (tertiary/aromatic N) is 1. The number of likely N-dealkylation sites (tertiary alicyclic amines) is 1. The number of esters is 1. The first-order valence-electron chi connectivity index (χ1n) is 6.16. The fourth-order valence-electron chi connectivity index (χ4n) is 2.11. The number of carbonyl (C=O) groups is 2. The van der Waals surface area contributed by atoms with Crippen molar-refractivity contribution in [1.82, 2.24) is 4.90 Å². The Morgan fingerprint density at radius 1 is 1.28 bits per heavy atom. The second-order valence-electron chi connectivity index (χ2n) is 4.46. The van der Waals surface area contributed by atoms with E-state index in [1.807, 2.05) is 17.0 Å². The van der Waals surface area contributed by atoms with Gasteiger partial charge in [0, 0.05) is 19.5 Å². The van der Waals surface area contributed by atoms with Crippen molar-refractivity contribution in [2.24, 2.45) is 0 Å². The lowest BCUT2D eigenvalue weighted by atomic mass is 10.1. The Hall–Kier alpha value is -1.84. The second-order valence-corrected chi connectivity index (χ2v) is 4.46. The van der Waals surface area contributed by atoms with E-state index >= 15 is 0 Å². The third-order valence-corrected chi connectivity index (χ3v) is 3.17. The third-order valence-electron chi connectivity index (χ3n) is 3.17. The monoisotopic (exact) mass is 247 g/mol. The largest absolute Gasteiger partial charge is 0.465 e. The molecule has 0 bridgehead atoms. The van der Waals surface area contributed by atoms with Crippen molar-refractivity contribution in [3.63, 3.8) is 0 Å². The molecular formula is C14H17NO3. The molecule has 0 aliphatic carbocycles. The number of carbonyl (C=O) groups excluding carboxylic acids is 2. The van der Waals surface area contributed by atoms with E-state index in [4.69, 9.17) is 0 Å². The number of rotatable bonds is 3. The quantitative estimate of drug-likeness (QED) is 0.767. The summed E-state index contributed by atoms with van der Waals surface area (Å²) in [6, 6.07) is 7.20. The summed E-state index contributed by atoms with van der Waals surface area (Å²) >= 11 is 0. The smallest absolute Gasteiger partial charge is 0.337 e. The highest BCUT2D eigenvalue weighted by atomic mass is 16.5. The second kappa shape index (κ2) is 5.67. The van der Waals surface area contributed by atoms with Crippen LogP contribution in [-0.4, -0.2) is 30.4 Å². The summed E-state index contributed by atoms with van der Waals surface area (Å²) < 4.78 is 4.64. The summed E-state index contributed by atoms with van der Waals surface area (Å²) in [5, 5.41) is 0. The summed E-state index contributed by atoms with van der Waals surface area (Å²) in [6.45, 7) is 1.46. The highest BCUT2D eigenvalue weighted by molar-refractivity contribution is 5.89. The van der Waals surface area contributed by atoms with Crippen LogP contribution in [0.25, 0.3) is 0 Å². The molecule has 96 valence electrons. The minimum atomic E-state index is -0.337. The van der Waals surface area contributed by atoms with Gasteiger partial charge >= 0.3 is 5.97 Å². The van der Waals surface area contributed by atoms with Crippen LogP contribution < -0.4 is 0 Å². The molecule has 0 N–H and O–H groups in total. The standard InChI is InChI=1S/C14H17NO3/c1-18-14(17)12-7-5-11(6-8-12)10-15-9-3-2-4-13(15)16/h5-8H,2-4,9-10H2,1H3. The van der Waals surface area contributed by atoms with Crippen LogP contribution in [-0.2, 0) is 16.1 Å². The maximum Gasteiger partial charge on any atom is 0.337 e. The molecule has 0 saturated carbocycles. The zero-order valence-corrected chi connectivity index (χ0v) is 10.5. The van der Waals surface area contributed by atoms with Crippen molar-refractivity contribution in [2.75, 3.05) is 13.7 Å². The number of piperidine rings is 1. The van der Waals surface area contributed by atoms with E-state index in [-0.39, 0.29) is 11.9 Å². The molecule has 4 heteroatoms. The zero-order chi connectivity index (χ0) is 13.0.